The number of hydrogen-bond acceptors (Lipinski definition) is 4. The molecule has 0 aliphatic carbocycles. The average Bonchev–Trinajstić information content (AvgIpc) is 2.89. The van der Waals surface area contributed by atoms with Gasteiger partial charge in [-0.2, -0.15) is 5.10 Å². The van der Waals surface area contributed by atoms with Crippen LogP contribution in [0.15, 0.2) is 30.3 Å². The molecule has 8 heteroatoms. The molecule has 0 atom stereocenters. The van der Waals surface area contributed by atoms with Crippen LogP contribution >= 0.6 is 11.6 Å². The fourth-order valence-corrected chi connectivity index (χ4v) is 2.86. The van der Waals surface area contributed by atoms with Crippen LogP contribution in [-0.4, -0.2) is 26.6 Å². The SMILES string of the molecule is Cc1cc(C)n(CC(=O)NNC(=O)c2cc3cc(Cl)ccc3nc2C)n1. The second kappa shape index (κ2) is 7.13. The summed E-state index contributed by atoms with van der Waals surface area (Å²) in [5.74, 6) is -0.822. The minimum atomic E-state index is -0.446. The number of carbonyl (C=O) groups excluding carboxylic acids is 2. The Bertz CT molecular complexity index is 1010. The maximum atomic E-state index is 12.4. The number of hydrazine groups is 1. The zero-order valence-electron chi connectivity index (χ0n) is 14.6. The third-order valence-electron chi connectivity index (χ3n) is 3.92. The summed E-state index contributed by atoms with van der Waals surface area (Å²) < 4.78 is 1.57. The van der Waals surface area contributed by atoms with Crippen molar-refractivity contribution < 1.29 is 9.59 Å². The van der Waals surface area contributed by atoms with Gasteiger partial charge < -0.3 is 0 Å². The van der Waals surface area contributed by atoms with Crippen LogP contribution in [0.3, 0.4) is 0 Å². The molecule has 2 N–H and O–H groups in total. The number of nitrogens with one attached hydrogen (secondary N) is 2. The molecule has 2 aromatic heterocycles. The van der Waals surface area contributed by atoms with Gasteiger partial charge in [0, 0.05) is 16.1 Å². The molecule has 0 saturated carbocycles. The van der Waals surface area contributed by atoms with E-state index >= 15 is 0 Å². The number of hydrogen-bond donors (Lipinski definition) is 2. The van der Waals surface area contributed by atoms with Crippen LogP contribution in [0.1, 0.15) is 27.4 Å². The molecule has 3 aromatic rings. The largest absolute Gasteiger partial charge is 0.271 e. The summed E-state index contributed by atoms with van der Waals surface area (Å²) in [7, 11) is 0. The van der Waals surface area contributed by atoms with Crippen molar-refractivity contribution in [3.05, 3.63) is 58.0 Å². The molecule has 0 unspecified atom stereocenters. The number of aromatic nitrogens is 3. The molecule has 0 spiro atoms. The molecule has 0 fully saturated rings. The molecule has 0 aliphatic rings. The highest BCUT2D eigenvalue weighted by molar-refractivity contribution is 6.31. The highest BCUT2D eigenvalue weighted by atomic mass is 35.5. The van der Waals surface area contributed by atoms with Crippen LogP contribution in [-0.2, 0) is 11.3 Å². The maximum Gasteiger partial charge on any atom is 0.271 e. The van der Waals surface area contributed by atoms with Gasteiger partial charge in [0.25, 0.3) is 11.8 Å². The first-order valence-corrected chi connectivity index (χ1v) is 8.38. The molecule has 0 radical (unpaired) electrons. The van der Waals surface area contributed by atoms with Crippen LogP contribution < -0.4 is 10.9 Å². The Morgan fingerprint density at radius 1 is 1.12 bits per heavy atom. The van der Waals surface area contributed by atoms with Crippen molar-refractivity contribution in [2.45, 2.75) is 27.3 Å². The summed E-state index contributed by atoms with van der Waals surface area (Å²) in [6, 6.07) is 8.85. The number of amides is 2. The molecular weight excluding hydrogens is 354 g/mol. The number of pyridine rings is 1. The number of nitrogens with zero attached hydrogens (tertiary/aromatic N) is 3. The second-order valence-electron chi connectivity index (χ2n) is 6.05. The Morgan fingerprint density at radius 2 is 1.88 bits per heavy atom. The van der Waals surface area contributed by atoms with Gasteiger partial charge in [-0.15, -0.1) is 0 Å². The normalized spacial score (nSPS) is 10.8. The van der Waals surface area contributed by atoms with E-state index in [-0.39, 0.29) is 12.5 Å². The molecule has 134 valence electrons. The highest BCUT2D eigenvalue weighted by Crippen LogP contribution is 2.20. The molecule has 3 rings (SSSR count). The van der Waals surface area contributed by atoms with Crippen molar-refractivity contribution in [1.29, 1.82) is 0 Å². The van der Waals surface area contributed by atoms with E-state index in [1.807, 2.05) is 19.9 Å². The standard InChI is InChI=1S/C18H18ClN5O2/c1-10-6-11(2)24(23-10)9-17(25)21-22-18(26)15-8-13-7-14(19)4-5-16(13)20-12(15)3/h4-8H,9H2,1-3H3,(H,21,25)(H,22,26). The lowest BCUT2D eigenvalue weighted by Crippen LogP contribution is -2.43. The zero-order valence-corrected chi connectivity index (χ0v) is 15.4. The summed E-state index contributed by atoms with van der Waals surface area (Å²) in [4.78, 5) is 28.8. The number of rotatable bonds is 3. The number of benzene rings is 1. The minimum Gasteiger partial charge on any atom is -0.271 e. The molecule has 0 bridgehead atoms. The predicted octanol–water partition coefficient (Wildman–Crippen LogP) is 2.47. The van der Waals surface area contributed by atoms with Crippen LogP contribution in [0, 0.1) is 20.8 Å². The Labute approximate surface area is 155 Å². The van der Waals surface area contributed by atoms with Crippen molar-refractivity contribution in [2.75, 3.05) is 0 Å². The Morgan fingerprint density at radius 3 is 2.58 bits per heavy atom. The highest BCUT2D eigenvalue weighted by Gasteiger charge is 2.14. The van der Waals surface area contributed by atoms with Crippen LogP contribution in [0.4, 0.5) is 0 Å². The first-order valence-electron chi connectivity index (χ1n) is 8.00. The zero-order chi connectivity index (χ0) is 18.8. The van der Waals surface area contributed by atoms with Crippen LogP contribution in [0.25, 0.3) is 10.9 Å². The van der Waals surface area contributed by atoms with Gasteiger partial charge in [-0.25, -0.2) is 0 Å². The third kappa shape index (κ3) is 3.83. The quantitative estimate of drug-likeness (QED) is 0.692. The Hall–Kier alpha value is -2.93. The van der Waals surface area contributed by atoms with Gasteiger partial charge in [0.05, 0.1) is 22.5 Å². The molecule has 7 nitrogen and oxygen atoms in total. The van der Waals surface area contributed by atoms with E-state index in [0.717, 1.165) is 22.3 Å². The monoisotopic (exact) mass is 371 g/mol. The van der Waals surface area contributed by atoms with E-state index in [4.69, 9.17) is 11.6 Å². The third-order valence-corrected chi connectivity index (χ3v) is 4.16. The fourth-order valence-electron chi connectivity index (χ4n) is 2.68. The number of halogens is 1. The van der Waals surface area contributed by atoms with E-state index in [9.17, 15) is 9.59 Å². The molecule has 0 aliphatic heterocycles. The van der Waals surface area contributed by atoms with Crippen molar-refractivity contribution in [2.24, 2.45) is 0 Å². The molecule has 2 amide bonds. The Balaban J connectivity index is 1.69. The minimum absolute atomic E-state index is 0.0184. The van der Waals surface area contributed by atoms with Gasteiger partial charge in [0.15, 0.2) is 0 Å². The van der Waals surface area contributed by atoms with Gasteiger partial charge in [-0.1, -0.05) is 11.6 Å². The topological polar surface area (TPSA) is 88.9 Å². The van der Waals surface area contributed by atoms with E-state index < -0.39 is 5.91 Å². The van der Waals surface area contributed by atoms with E-state index in [0.29, 0.717) is 16.3 Å². The smallest absolute Gasteiger partial charge is 0.271 e. The van der Waals surface area contributed by atoms with Crippen molar-refractivity contribution in [3.8, 4) is 0 Å². The van der Waals surface area contributed by atoms with Crippen molar-refractivity contribution in [1.82, 2.24) is 25.6 Å². The maximum absolute atomic E-state index is 12.4. The first kappa shape index (κ1) is 17.9. The molecule has 26 heavy (non-hydrogen) atoms. The second-order valence-corrected chi connectivity index (χ2v) is 6.48. The average molecular weight is 372 g/mol. The van der Waals surface area contributed by atoms with Gasteiger partial charge in [-0.3, -0.25) is 30.1 Å². The van der Waals surface area contributed by atoms with E-state index in [2.05, 4.69) is 20.9 Å². The summed E-state index contributed by atoms with van der Waals surface area (Å²) in [6.45, 7) is 5.47. The van der Waals surface area contributed by atoms with Gasteiger partial charge in [0.1, 0.15) is 6.54 Å². The summed E-state index contributed by atoms with van der Waals surface area (Å²) >= 11 is 5.99. The number of fused-ring (bicyclic) bond motifs is 1. The number of aryl methyl sites for hydroxylation is 3. The van der Waals surface area contributed by atoms with Crippen molar-refractivity contribution >= 4 is 34.3 Å². The lowest BCUT2D eigenvalue weighted by molar-refractivity contribution is -0.122. The summed E-state index contributed by atoms with van der Waals surface area (Å²) in [5.41, 5.74) is 8.19. The predicted molar refractivity (Wildman–Crippen MR) is 98.8 cm³/mol. The van der Waals surface area contributed by atoms with E-state index in [1.165, 1.54) is 0 Å². The Kier molecular flexibility index (Phi) is 4.90. The van der Waals surface area contributed by atoms with E-state index in [1.54, 1.807) is 35.9 Å². The van der Waals surface area contributed by atoms with Gasteiger partial charge in [0.2, 0.25) is 0 Å². The van der Waals surface area contributed by atoms with Crippen LogP contribution in [0.5, 0.6) is 0 Å². The van der Waals surface area contributed by atoms with Gasteiger partial charge in [-0.05, 0) is 51.1 Å². The molecule has 2 heterocycles. The summed E-state index contributed by atoms with van der Waals surface area (Å²) in [6.07, 6.45) is 0. The van der Waals surface area contributed by atoms with Gasteiger partial charge >= 0.3 is 0 Å². The molecular formula is C18H18ClN5O2. The number of carbonyl (C=O) groups is 2. The van der Waals surface area contributed by atoms with Crippen LogP contribution in [0.2, 0.25) is 5.02 Å². The van der Waals surface area contributed by atoms with Crippen molar-refractivity contribution in [3.63, 3.8) is 0 Å². The first-order chi connectivity index (χ1) is 12.3. The molecule has 1 aromatic carbocycles. The summed E-state index contributed by atoms with van der Waals surface area (Å²) in [5, 5.41) is 5.53. The molecule has 0 saturated heterocycles. The fraction of sp³-hybridized carbons (Fsp3) is 0.222. The lowest BCUT2D eigenvalue weighted by Gasteiger charge is -2.10. The lowest BCUT2D eigenvalue weighted by atomic mass is 10.1.